The smallest absolute Gasteiger partial charge is 0.411 e. The third kappa shape index (κ3) is 5.16. The Labute approximate surface area is 168 Å². The van der Waals surface area contributed by atoms with Gasteiger partial charge >= 0.3 is 12.2 Å². The van der Waals surface area contributed by atoms with Crippen LogP contribution in [0.25, 0.3) is 10.4 Å². The van der Waals surface area contributed by atoms with Gasteiger partial charge in [0.05, 0.1) is 18.0 Å². The Morgan fingerprint density at radius 3 is 2.68 bits per heavy atom. The highest BCUT2D eigenvalue weighted by Crippen LogP contribution is 2.30. The first-order valence-corrected chi connectivity index (χ1v) is 9.94. The molecule has 1 aromatic heterocycles. The molecule has 2 amide bonds. The zero-order valence-corrected chi connectivity index (χ0v) is 17.0. The van der Waals surface area contributed by atoms with E-state index >= 15 is 0 Å². The van der Waals surface area contributed by atoms with Crippen molar-refractivity contribution >= 4 is 34.9 Å². The van der Waals surface area contributed by atoms with Crippen molar-refractivity contribution in [1.29, 1.82) is 0 Å². The van der Waals surface area contributed by atoms with E-state index in [2.05, 4.69) is 5.32 Å². The first-order valence-electron chi connectivity index (χ1n) is 9.06. The summed E-state index contributed by atoms with van der Waals surface area (Å²) in [6, 6.07) is 9.48. The first-order chi connectivity index (χ1) is 13.2. The molecule has 3 rings (SSSR count). The van der Waals surface area contributed by atoms with E-state index in [1.54, 1.807) is 22.3 Å². The number of benzene rings is 1. The molecule has 0 aliphatic carbocycles. The second-order valence-electron chi connectivity index (χ2n) is 7.75. The summed E-state index contributed by atoms with van der Waals surface area (Å²) in [6.45, 7) is 6.74. The van der Waals surface area contributed by atoms with E-state index in [1.165, 1.54) is 0 Å². The Kier molecular flexibility index (Phi) is 5.79. The Hall–Kier alpha value is -2.74. The molecule has 0 atom stereocenters. The van der Waals surface area contributed by atoms with Crippen molar-refractivity contribution in [2.45, 2.75) is 26.4 Å². The minimum absolute atomic E-state index is 0.105. The number of amides is 2. The largest absolute Gasteiger partial charge is 0.449 e. The van der Waals surface area contributed by atoms with Crippen LogP contribution in [0, 0.1) is 5.92 Å². The molecule has 8 heteroatoms. The highest BCUT2D eigenvalue weighted by atomic mass is 32.1. The fourth-order valence-corrected chi connectivity index (χ4v) is 3.47. The van der Waals surface area contributed by atoms with Crippen molar-refractivity contribution in [1.82, 2.24) is 4.90 Å². The van der Waals surface area contributed by atoms with Gasteiger partial charge in [0.25, 0.3) is 0 Å². The van der Waals surface area contributed by atoms with Crippen LogP contribution in [-0.2, 0) is 9.47 Å². The first kappa shape index (κ1) is 20.0. The van der Waals surface area contributed by atoms with Gasteiger partial charge in [-0.3, -0.25) is 5.32 Å². The molecule has 7 nitrogen and oxygen atoms in total. The number of rotatable bonds is 4. The predicted molar refractivity (Wildman–Crippen MR) is 110 cm³/mol. The lowest BCUT2D eigenvalue weighted by Crippen LogP contribution is -2.53. The molecule has 2 heterocycles. The minimum Gasteiger partial charge on any atom is -0.449 e. The number of thiophene rings is 1. The number of carbonyl (C=O) groups excluding carboxylic acids is 2. The van der Waals surface area contributed by atoms with E-state index < -0.39 is 11.7 Å². The van der Waals surface area contributed by atoms with Crippen LogP contribution >= 0.6 is 11.3 Å². The Morgan fingerprint density at radius 1 is 1.29 bits per heavy atom. The minimum atomic E-state index is -0.564. The molecule has 1 aliphatic rings. The van der Waals surface area contributed by atoms with Gasteiger partial charge < -0.3 is 20.1 Å². The summed E-state index contributed by atoms with van der Waals surface area (Å²) in [7, 11) is 0. The number of hydrogen-bond donors (Lipinski definition) is 2. The Morgan fingerprint density at radius 2 is 2.04 bits per heavy atom. The molecular formula is C20H25N3O4S. The van der Waals surface area contributed by atoms with Crippen LogP contribution in [0.2, 0.25) is 0 Å². The molecule has 0 spiro atoms. The summed E-state index contributed by atoms with van der Waals surface area (Å²) in [6.07, 6.45) is -0.905. The number of likely N-dealkylation sites (tertiary alicyclic amines) is 1. The number of carbonyl (C=O) groups is 2. The predicted octanol–water partition coefficient (Wildman–Crippen LogP) is 4.41. The number of nitrogens with one attached hydrogen (secondary N) is 1. The molecule has 1 fully saturated rings. The Bertz CT molecular complexity index is 840. The highest BCUT2D eigenvalue weighted by Gasteiger charge is 2.34. The van der Waals surface area contributed by atoms with Gasteiger partial charge in [-0.25, -0.2) is 9.59 Å². The van der Waals surface area contributed by atoms with Crippen molar-refractivity contribution < 1.29 is 19.1 Å². The zero-order valence-electron chi connectivity index (χ0n) is 16.2. The molecule has 1 aromatic carbocycles. The molecule has 0 bridgehead atoms. The van der Waals surface area contributed by atoms with Crippen molar-refractivity contribution in [3.63, 3.8) is 0 Å². The maximum Gasteiger partial charge on any atom is 0.411 e. The quantitative estimate of drug-likeness (QED) is 0.738. The van der Waals surface area contributed by atoms with E-state index in [4.69, 9.17) is 15.2 Å². The van der Waals surface area contributed by atoms with Crippen molar-refractivity contribution in [3.8, 4) is 10.4 Å². The topological polar surface area (TPSA) is 93.9 Å². The van der Waals surface area contributed by atoms with Gasteiger partial charge in [-0.05, 0) is 49.9 Å². The number of nitrogens with two attached hydrogens (primary N) is 1. The van der Waals surface area contributed by atoms with Crippen LogP contribution in [0.4, 0.5) is 21.0 Å². The molecule has 1 saturated heterocycles. The summed E-state index contributed by atoms with van der Waals surface area (Å²) in [5, 5.41) is 4.69. The zero-order chi connectivity index (χ0) is 20.3. The van der Waals surface area contributed by atoms with Gasteiger partial charge in [0.2, 0.25) is 0 Å². The standard InChI is InChI=1S/C20H25N3O4S/c1-20(2,3)27-19(25)23-10-13(11-23)12-26-18(24)22-16-9-14(6-7-15(16)21)17-5-4-8-28-17/h4-9,13H,10-12,21H2,1-3H3,(H,22,24). The molecule has 0 radical (unpaired) electrons. The van der Waals surface area contributed by atoms with Crippen LogP contribution in [0.3, 0.4) is 0 Å². The lowest BCUT2D eigenvalue weighted by Gasteiger charge is -2.39. The van der Waals surface area contributed by atoms with Gasteiger partial charge in [-0.2, -0.15) is 0 Å². The average molecular weight is 404 g/mol. The van der Waals surface area contributed by atoms with E-state index in [9.17, 15) is 9.59 Å². The maximum absolute atomic E-state index is 12.1. The number of ether oxygens (including phenoxy) is 2. The third-order valence-electron chi connectivity index (χ3n) is 4.15. The summed E-state index contributed by atoms with van der Waals surface area (Å²) >= 11 is 1.61. The van der Waals surface area contributed by atoms with Gasteiger partial charge in [0.15, 0.2) is 0 Å². The fourth-order valence-electron chi connectivity index (χ4n) is 2.75. The monoisotopic (exact) mass is 403 g/mol. The van der Waals surface area contributed by atoms with Gasteiger partial charge in [0.1, 0.15) is 5.60 Å². The Balaban J connectivity index is 1.46. The molecule has 2 aromatic rings. The molecule has 0 saturated carbocycles. The normalized spacial score (nSPS) is 14.3. The van der Waals surface area contributed by atoms with Gasteiger partial charge in [-0.1, -0.05) is 12.1 Å². The number of anilines is 2. The fraction of sp³-hybridized carbons (Fsp3) is 0.400. The molecule has 1 aliphatic heterocycles. The van der Waals surface area contributed by atoms with E-state index in [0.717, 1.165) is 10.4 Å². The summed E-state index contributed by atoms with van der Waals surface area (Å²) < 4.78 is 10.6. The second-order valence-corrected chi connectivity index (χ2v) is 8.70. The molecule has 28 heavy (non-hydrogen) atoms. The van der Waals surface area contributed by atoms with Gasteiger partial charge in [-0.15, -0.1) is 11.3 Å². The van der Waals surface area contributed by atoms with E-state index in [-0.39, 0.29) is 18.6 Å². The van der Waals surface area contributed by atoms with Crippen LogP contribution in [0.5, 0.6) is 0 Å². The lowest BCUT2D eigenvalue weighted by atomic mass is 10.0. The van der Waals surface area contributed by atoms with Crippen LogP contribution in [0.15, 0.2) is 35.7 Å². The highest BCUT2D eigenvalue weighted by molar-refractivity contribution is 7.13. The number of hydrogen-bond acceptors (Lipinski definition) is 6. The lowest BCUT2D eigenvalue weighted by molar-refractivity contribution is -0.0108. The van der Waals surface area contributed by atoms with Gasteiger partial charge in [0, 0.05) is 23.9 Å². The maximum atomic E-state index is 12.1. The van der Waals surface area contributed by atoms with Crippen LogP contribution in [-0.4, -0.2) is 42.4 Å². The van der Waals surface area contributed by atoms with Crippen LogP contribution < -0.4 is 11.1 Å². The second kappa shape index (κ2) is 8.10. The summed E-state index contributed by atoms with van der Waals surface area (Å²) in [5.41, 5.74) is 7.41. The third-order valence-corrected chi connectivity index (χ3v) is 5.07. The number of nitrogen functional groups attached to an aromatic ring is 1. The van der Waals surface area contributed by atoms with Crippen molar-refractivity contribution in [2.75, 3.05) is 30.7 Å². The SMILES string of the molecule is CC(C)(C)OC(=O)N1CC(COC(=O)Nc2cc(-c3cccs3)ccc2N)C1. The van der Waals surface area contributed by atoms with Crippen molar-refractivity contribution in [2.24, 2.45) is 5.92 Å². The van der Waals surface area contributed by atoms with Crippen LogP contribution in [0.1, 0.15) is 20.8 Å². The summed E-state index contributed by atoms with van der Waals surface area (Å²) in [4.78, 5) is 26.7. The van der Waals surface area contributed by atoms with E-state index in [1.807, 2.05) is 50.4 Å². The number of nitrogens with zero attached hydrogens (tertiary/aromatic N) is 1. The van der Waals surface area contributed by atoms with E-state index in [0.29, 0.717) is 24.5 Å². The average Bonchev–Trinajstić information content (AvgIpc) is 3.08. The molecule has 0 unspecified atom stereocenters. The molecule has 3 N–H and O–H groups in total. The van der Waals surface area contributed by atoms with Crippen molar-refractivity contribution in [3.05, 3.63) is 35.7 Å². The molecular weight excluding hydrogens is 378 g/mol. The summed E-state index contributed by atoms with van der Waals surface area (Å²) in [5.74, 6) is 0.105. The molecule has 150 valence electrons.